The van der Waals surface area contributed by atoms with E-state index < -0.39 is 0 Å². The van der Waals surface area contributed by atoms with Crippen LogP contribution in [0.5, 0.6) is 0 Å². The lowest BCUT2D eigenvalue weighted by Crippen LogP contribution is -2.00. The van der Waals surface area contributed by atoms with Crippen LogP contribution in [0.1, 0.15) is 13.3 Å². The van der Waals surface area contributed by atoms with Crippen molar-refractivity contribution >= 4 is 21.3 Å². The molecule has 0 bridgehead atoms. The maximum Gasteiger partial charge on any atom is 0.326 e. The van der Waals surface area contributed by atoms with E-state index in [1.807, 2.05) is 0 Å². The van der Waals surface area contributed by atoms with E-state index in [1.165, 1.54) is 17.8 Å². The Morgan fingerprint density at radius 3 is 2.85 bits per heavy atom. The van der Waals surface area contributed by atoms with Gasteiger partial charge in [-0.2, -0.15) is 0 Å². The highest BCUT2D eigenvalue weighted by Crippen LogP contribution is 2.36. The van der Waals surface area contributed by atoms with E-state index >= 15 is 0 Å². The predicted octanol–water partition coefficient (Wildman–Crippen LogP) is 2.48. The average Bonchev–Trinajstić information content (AvgIpc) is 2.61. The molecular weight excluding hydrogens is 188 g/mol. The van der Waals surface area contributed by atoms with Gasteiger partial charge >= 0.3 is 5.00 Å². The third-order valence-corrected chi connectivity index (χ3v) is 3.18. The molecule has 0 spiro atoms. The van der Waals surface area contributed by atoms with Crippen LogP contribution < -0.4 is 5.32 Å². The number of hydrogen-bond acceptors (Lipinski definition) is 4. The van der Waals surface area contributed by atoms with Crippen LogP contribution in [0.15, 0.2) is 12.1 Å². The van der Waals surface area contributed by atoms with Crippen molar-refractivity contribution < 1.29 is 4.92 Å². The minimum absolute atomic E-state index is 0.204. The normalized spacial score (nSPS) is 25.6. The topological polar surface area (TPSA) is 55.2 Å². The van der Waals surface area contributed by atoms with Gasteiger partial charge in [0.1, 0.15) is 0 Å². The van der Waals surface area contributed by atoms with Crippen LogP contribution in [0.2, 0.25) is 0 Å². The van der Waals surface area contributed by atoms with Crippen molar-refractivity contribution in [3.05, 3.63) is 22.2 Å². The third-order valence-electron chi connectivity index (χ3n) is 2.21. The first-order chi connectivity index (χ1) is 6.16. The molecule has 1 aliphatic rings. The SMILES string of the molecule is CC1CC1Nc1ccc([N+](=O)[O-])s1. The van der Waals surface area contributed by atoms with E-state index in [9.17, 15) is 10.1 Å². The zero-order valence-corrected chi connectivity index (χ0v) is 8.00. The van der Waals surface area contributed by atoms with Gasteiger partial charge in [-0.05, 0) is 29.7 Å². The molecule has 13 heavy (non-hydrogen) atoms. The van der Waals surface area contributed by atoms with Gasteiger partial charge in [0.15, 0.2) is 0 Å². The van der Waals surface area contributed by atoms with Crippen LogP contribution in [-0.2, 0) is 0 Å². The van der Waals surface area contributed by atoms with Gasteiger partial charge in [-0.3, -0.25) is 10.1 Å². The molecule has 1 saturated carbocycles. The Balaban J connectivity index is 2.01. The second kappa shape index (κ2) is 2.99. The van der Waals surface area contributed by atoms with Crippen LogP contribution in [0, 0.1) is 16.0 Å². The van der Waals surface area contributed by atoms with E-state index in [4.69, 9.17) is 0 Å². The molecule has 1 aromatic heterocycles. The molecule has 0 aromatic carbocycles. The van der Waals surface area contributed by atoms with Crippen molar-refractivity contribution in [3.63, 3.8) is 0 Å². The molecule has 0 aliphatic heterocycles. The molecule has 0 amide bonds. The molecular formula is C8H10N2O2S. The first-order valence-corrected chi connectivity index (χ1v) is 4.99. The quantitative estimate of drug-likeness (QED) is 0.599. The summed E-state index contributed by atoms with van der Waals surface area (Å²) in [5, 5.41) is 14.7. The summed E-state index contributed by atoms with van der Waals surface area (Å²) >= 11 is 1.20. The van der Waals surface area contributed by atoms with Gasteiger partial charge in [0.2, 0.25) is 0 Å². The maximum absolute atomic E-state index is 10.4. The minimum atomic E-state index is -0.355. The molecule has 2 rings (SSSR count). The van der Waals surface area contributed by atoms with Crippen LogP contribution in [0.4, 0.5) is 10.0 Å². The Kier molecular flexibility index (Phi) is 1.95. The Hall–Kier alpha value is -1.10. The fourth-order valence-electron chi connectivity index (χ4n) is 1.21. The second-order valence-corrected chi connectivity index (χ2v) is 4.42. The van der Waals surface area contributed by atoms with Gasteiger partial charge < -0.3 is 5.32 Å². The summed E-state index contributed by atoms with van der Waals surface area (Å²) in [5.41, 5.74) is 0. The smallest absolute Gasteiger partial charge is 0.326 e. The Labute approximate surface area is 79.7 Å². The molecule has 1 fully saturated rings. The number of thiophene rings is 1. The highest BCUT2D eigenvalue weighted by atomic mass is 32.1. The predicted molar refractivity (Wildman–Crippen MR) is 52.2 cm³/mol. The van der Waals surface area contributed by atoms with Crippen molar-refractivity contribution in [2.24, 2.45) is 5.92 Å². The standard InChI is InChI=1S/C8H10N2O2S/c1-5-4-6(5)9-7-2-3-8(13-7)10(11)12/h2-3,5-6,9H,4H2,1H3. The Bertz CT molecular complexity index is 337. The van der Waals surface area contributed by atoms with Gasteiger partial charge in [0.05, 0.1) is 9.92 Å². The summed E-state index contributed by atoms with van der Waals surface area (Å²) in [7, 11) is 0. The lowest BCUT2D eigenvalue weighted by Gasteiger charge is -1.97. The number of nitrogens with one attached hydrogen (secondary N) is 1. The molecule has 1 aromatic rings. The van der Waals surface area contributed by atoms with E-state index in [0.29, 0.717) is 12.0 Å². The largest absolute Gasteiger partial charge is 0.374 e. The molecule has 70 valence electrons. The van der Waals surface area contributed by atoms with Crippen molar-refractivity contribution in [2.75, 3.05) is 5.32 Å². The van der Waals surface area contributed by atoms with Gasteiger partial charge in [0, 0.05) is 12.1 Å². The van der Waals surface area contributed by atoms with E-state index in [-0.39, 0.29) is 9.92 Å². The Morgan fingerprint density at radius 2 is 2.38 bits per heavy atom. The van der Waals surface area contributed by atoms with E-state index in [1.54, 1.807) is 12.1 Å². The molecule has 2 atom stereocenters. The van der Waals surface area contributed by atoms with E-state index in [2.05, 4.69) is 12.2 Å². The maximum atomic E-state index is 10.4. The summed E-state index contributed by atoms with van der Waals surface area (Å²) in [6.07, 6.45) is 1.17. The highest BCUT2D eigenvalue weighted by Gasteiger charge is 2.32. The number of nitro groups is 1. The zero-order valence-electron chi connectivity index (χ0n) is 7.19. The van der Waals surface area contributed by atoms with Gasteiger partial charge in [-0.15, -0.1) is 0 Å². The number of hydrogen-bond donors (Lipinski definition) is 1. The molecule has 1 aliphatic carbocycles. The highest BCUT2D eigenvalue weighted by molar-refractivity contribution is 7.19. The summed E-state index contributed by atoms with van der Waals surface area (Å²) < 4.78 is 0. The first kappa shape index (κ1) is 8.50. The number of nitrogens with zero attached hydrogens (tertiary/aromatic N) is 1. The van der Waals surface area contributed by atoms with Crippen molar-refractivity contribution in [2.45, 2.75) is 19.4 Å². The summed E-state index contributed by atoms with van der Waals surface area (Å²) in [5.74, 6) is 0.709. The minimum Gasteiger partial charge on any atom is -0.374 e. The lowest BCUT2D eigenvalue weighted by molar-refractivity contribution is -0.380. The fourth-order valence-corrected chi connectivity index (χ4v) is 1.99. The average molecular weight is 198 g/mol. The molecule has 4 nitrogen and oxygen atoms in total. The monoisotopic (exact) mass is 198 g/mol. The second-order valence-electron chi connectivity index (χ2n) is 3.36. The lowest BCUT2D eigenvalue weighted by atomic mass is 10.5. The van der Waals surface area contributed by atoms with Crippen LogP contribution in [0.3, 0.4) is 0 Å². The fraction of sp³-hybridized carbons (Fsp3) is 0.500. The molecule has 2 unspecified atom stereocenters. The third kappa shape index (κ3) is 1.80. The summed E-state index contributed by atoms with van der Waals surface area (Å²) in [4.78, 5) is 10.0. The summed E-state index contributed by atoms with van der Waals surface area (Å²) in [6.45, 7) is 2.17. The first-order valence-electron chi connectivity index (χ1n) is 4.17. The van der Waals surface area contributed by atoms with E-state index in [0.717, 1.165) is 5.00 Å². The van der Waals surface area contributed by atoms with Gasteiger partial charge in [-0.25, -0.2) is 0 Å². The number of rotatable bonds is 3. The molecule has 0 radical (unpaired) electrons. The van der Waals surface area contributed by atoms with Crippen LogP contribution >= 0.6 is 11.3 Å². The van der Waals surface area contributed by atoms with Crippen LogP contribution in [0.25, 0.3) is 0 Å². The molecule has 0 saturated heterocycles. The van der Waals surface area contributed by atoms with Crippen LogP contribution in [-0.4, -0.2) is 11.0 Å². The number of anilines is 1. The summed E-state index contributed by atoms with van der Waals surface area (Å²) in [6, 6.07) is 3.84. The van der Waals surface area contributed by atoms with Gasteiger partial charge in [-0.1, -0.05) is 6.92 Å². The Morgan fingerprint density at radius 1 is 1.69 bits per heavy atom. The molecule has 1 heterocycles. The van der Waals surface area contributed by atoms with Crippen molar-refractivity contribution in [1.82, 2.24) is 0 Å². The van der Waals surface area contributed by atoms with Gasteiger partial charge in [0.25, 0.3) is 0 Å². The zero-order chi connectivity index (χ0) is 9.42. The molecule has 1 N–H and O–H groups in total. The molecule has 5 heteroatoms. The van der Waals surface area contributed by atoms with Crippen molar-refractivity contribution in [1.29, 1.82) is 0 Å². The van der Waals surface area contributed by atoms with Crippen molar-refractivity contribution in [3.8, 4) is 0 Å².